The Morgan fingerprint density at radius 1 is 1.50 bits per heavy atom. The van der Waals surface area contributed by atoms with Gasteiger partial charge in [-0.1, -0.05) is 11.6 Å². The smallest absolute Gasteiger partial charge is 0.260 e. The second kappa shape index (κ2) is 6.07. The van der Waals surface area contributed by atoms with Gasteiger partial charge in [0.2, 0.25) is 0 Å². The van der Waals surface area contributed by atoms with E-state index in [4.69, 9.17) is 16.3 Å². The van der Waals surface area contributed by atoms with Crippen LogP contribution in [-0.4, -0.2) is 43.1 Å². The molecular formula is C13H17ClN2O2. The average Bonchev–Trinajstić information content (AvgIpc) is 2.38. The summed E-state index contributed by atoms with van der Waals surface area (Å²) in [5.74, 6) is 0.689. The van der Waals surface area contributed by atoms with Crippen LogP contribution in [0.3, 0.4) is 0 Å². The number of benzene rings is 1. The number of piperazine rings is 1. The first-order valence-corrected chi connectivity index (χ1v) is 6.43. The minimum Gasteiger partial charge on any atom is -0.484 e. The quantitative estimate of drug-likeness (QED) is 0.904. The third-order valence-corrected chi connectivity index (χ3v) is 3.25. The number of nitrogens with zero attached hydrogens (tertiary/aromatic N) is 1. The van der Waals surface area contributed by atoms with Gasteiger partial charge in [0, 0.05) is 30.7 Å². The van der Waals surface area contributed by atoms with Crippen molar-refractivity contribution in [3.05, 3.63) is 29.3 Å². The molecule has 1 fully saturated rings. The van der Waals surface area contributed by atoms with E-state index in [1.165, 1.54) is 0 Å². The van der Waals surface area contributed by atoms with Gasteiger partial charge in [0.25, 0.3) is 5.91 Å². The van der Waals surface area contributed by atoms with E-state index < -0.39 is 0 Å². The van der Waals surface area contributed by atoms with Gasteiger partial charge >= 0.3 is 0 Å². The van der Waals surface area contributed by atoms with E-state index in [9.17, 15) is 4.79 Å². The van der Waals surface area contributed by atoms with Gasteiger partial charge in [0.15, 0.2) is 6.61 Å². The Morgan fingerprint density at radius 3 is 2.89 bits per heavy atom. The molecule has 5 heteroatoms. The average molecular weight is 269 g/mol. The van der Waals surface area contributed by atoms with Crippen molar-refractivity contribution in [2.24, 2.45) is 0 Å². The van der Waals surface area contributed by atoms with Crippen LogP contribution in [0.4, 0.5) is 0 Å². The zero-order valence-electron chi connectivity index (χ0n) is 10.4. The van der Waals surface area contributed by atoms with Crippen molar-refractivity contribution < 1.29 is 9.53 Å². The Labute approximate surface area is 112 Å². The monoisotopic (exact) mass is 268 g/mol. The van der Waals surface area contributed by atoms with Gasteiger partial charge in [0.1, 0.15) is 5.75 Å². The molecule has 0 bridgehead atoms. The van der Waals surface area contributed by atoms with Crippen molar-refractivity contribution in [2.45, 2.75) is 13.0 Å². The molecule has 1 N–H and O–H groups in total. The lowest BCUT2D eigenvalue weighted by molar-refractivity contribution is -0.136. The molecule has 1 saturated heterocycles. The van der Waals surface area contributed by atoms with E-state index in [1.807, 2.05) is 11.8 Å². The van der Waals surface area contributed by atoms with Gasteiger partial charge in [-0.15, -0.1) is 0 Å². The summed E-state index contributed by atoms with van der Waals surface area (Å²) < 4.78 is 5.45. The molecule has 1 aliphatic heterocycles. The Bertz CT molecular complexity index is 408. The SMILES string of the molecule is C[C@@H]1CNCCN1C(=O)COc1ccc(Cl)cc1. The molecular weight excluding hydrogens is 252 g/mol. The molecule has 0 unspecified atom stereocenters. The van der Waals surface area contributed by atoms with E-state index in [0.29, 0.717) is 10.8 Å². The summed E-state index contributed by atoms with van der Waals surface area (Å²) in [6, 6.07) is 7.23. The summed E-state index contributed by atoms with van der Waals surface area (Å²) in [4.78, 5) is 13.8. The lowest BCUT2D eigenvalue weighted by Gasteiger charge is -2.33. The highest BCUT2D eigenvalue weighted by Crippen LogP contribution is 2.15. The minimum absolute atomic E-state index is 0.0268. The number of hydrogen-bond acceptors (Lipinski definition) is 3. The summed E-state index contributed by atoms with van der Waals surface area (Å²) in [5, 5.41) is 3.91. The van der Waals surface area contributed by atoms with Crippen molar-refractivity contribution in [2.75, 3.05) is 26.2 Å². The predicted octanol–water partition coefficient (Wildman–Crippen LogP) is 1.54. The predicted molar refractivity (Wildman–Crippen MR) is 71.0 cm³/mol. The van der Waals surface area contributed by atoms with Crippen molar-refractivity contribution >= 4 is 17.5 Å². The van der Waals surface area contributed by atoms with Crippen molar-refractivity contribution in [3.8, 4) is 5.75 Å². The van der Waals surface area contributed by atoms with Crippen LogP contribution in [0.15, 0.2) is 24.3 Å². The summed E-state index contributed by atoms with van der Waals surface area (Å²) >= 11 is 5.78. The number of carbonyl (C=O) groups is 1. The van der Waals surface area contributed by atoms with Crippen molar-refractivity contribution in [1.82, 2.24) is 10.2 Å². The van der Waals surface area contributed by atoms with E-state index in [2.05, 4.69) is 5.32 Å². The van der Waals surface area contributed by atoms with Gasteiger partial charge in [0.05, 0.1) is 0 Å². The fourth-order valence-corrected chi connectivity index (χ4v) is 2.10. The summed E-state index contributed by atoms with van der Waals surface area (Å²) in [7, 11) is 0. The normalized spacial score (nSPS) is 19.7. The van der Waals surface area contributed by atoms with Gasteiger partial charge in [-0.05, 0) is 31.2 Å². The molecule has 98 valence electrons. The van der Waals surface area contributed by atoms with Crippen LogP contribution in [-0.2, 0) is 4.79 Å². The van der Waals surface area contributed by atoms with E-state index >= 15 is 0 Å². The zero-order chi connectivity index (χ0) is 13.0. The van der Waals surface area contributed by atoms with Gasteiger partial charge in [-0.25, -0.2) is 0 Å². The van der Waals surface area contributed by atoms with Crippen LogP contribution in [0.25, 0.3) is 0 Å². The number of amides is 1. The molecule has 0 aliphatic carbocycles. The Balaban J connectivity index is 1.85. The maximum atomic E-state index is 12.0. The lowest BCUT2D eigenvalue weighted by atomic mass is 10.2. The number of carbonyl (C=O) groups excluding carboxylic acids is 1. The molecule has 0 saturated carbocycles. The summed E-state index contributed by atoms with van der Waals surface area (Å²) in [6.45, 7) is 4.53. The van der Waals surface area contributed by atoms with E-state index in [0.717, 1.165) is 19.6 Å². The maximum absolute atomic E-state index is 12.0. The van der Waals surface area contributed by atoms with Gasteiger partial charge in [-0.3, -0.25) is 4.79 Å². The number of halogens is 1. The second-order valence-electron chi connectivity index (χ2n) is 4.38. The third kappa shape index (κ3) is 3.37. The number of ether oxygens (including phenoxy) is 1. The summed E-state index contributed by atoms with van der Waals surface area (Å²) in [5.41, 5.74) is 0. The first-order chi connectivity index (χ1) is 8.66. The van der Waals surface area contributed by atoms with E-state index in [-0.39, 0.29) is 18.6 Å². The Kier molecular flexibility index (Phi) is 4.44. The summed E-state index contributed by atoms with van der Waals surface area (Å²) in [6.07, 6.45) is 0. The van der Waals surface area contributed by atoms with Crippen LogP contribution >= 0.6 is 11.6 Å². The van der Waals surface area contributed by atoms with Crippen LogP contribution in [0.1, 0.15) is 6.92 Å². The zero-order valence-corrected chi connectivity index (χ0v) is 11.1. The largest absolute Gasteiger partial charge is 0.484 e. The van der Waals surface area contributed by atoms with Crippen LogP contribution in [0.2, 0.25) is 5.02 Å². The highest BCUT2D eigenvalue weighted by Gasteiger charge is 2.22. The molecule has 4 nitrogen and oxygen atoms in total. The molecule has 1 atom stereocenters. The fourth-order valence-electron chi connectivity index (χ4n) is 1.97. The fraction of sp³-hybridized carbons (Fsp3) is 0.462. The van der Waals surface area contributed by atoms with Crippen LogP contribution in [0.5, 0.6) is 5.75 Å². The lowest BCUT2D eigenvalue weighted by Crippen LogP contribution is -2.53. The number of nitrogens with one attached hydrogen (secondary N) is 1. The molecule has 1 heterocycles. The first kappa shape index (κ1) is 13.2. The molecule has 0 radical (unpaired) electrons. The highest BCUT2D eigenvalue weighted by atomic mass is 35.5. The molecule has 1 aromatic carbocycles. The number of hydrogen-bond donors (Lipinski definition) is 1. The second-order valence-corrected chi connectivity index (χ2v) is 4.82. The van der Waals surface area contributed by atoms with Crippen LogP contribution in [0, 0.1) is 0 Å². The van der Waals surface area contributed by atoms with E-state index in [1.54, 1.807) is 24.3 Å². The molecule has 1 amide bonds. The third-order valence-electron chi connectivity index (χ3n) is 3.00. The van der Waals surface area contributed by atoms with Crippen LogP contribution < -0.4 is 10.1 Å². The molecule has 1 aromatic rings. The molecule has 1 aliphatic rings. The number of rotatable bonds is 3. The topological polar surface area (TPSA) is 41.6 Å². The van der Waals surface area contributed by atoms with Crippen molar-refractivity contribution in [1.29, 1.82) is 0 Å². The molecule has 0 aromatic heterocycles. The standard InChI is InChI=1S/C13H17ClN2O2/c1-10-8-15-6-7-16(10)13(17)9-18-12-4-2-11(14)3-5-12/h2-5,10,15H,6-9H2,1H3/t10-/m1/s1. The maximum Gasteiger partial charge on any atom is 0.260 e. The molecule has 2 rings (SSSR count). The minimum atomic E-state index is 0.0268. The molecule has 18 heavy (non-hydrogen) atoms. The highest BCUT2D eigenvalue weighted by molar-refractivity contribution is 6.30. The molecule has 0 spiro atoms. The first-order valence-electron chi connectivity index (χ1n) is 6.05. The van der Waals surface area contributed by atoms with Crippen molar-refractivity contribution in [3.63, 3.8) is 0 Å². The van der Waals surface area contributed by atoms with Gasteiger partial charge < -0.3 is 15.0 Å². The van der Waals surface area contributed by atoms with Gasteiger partial charge in [-0.2, -0.15) is 0 Å². The Morgan fingerprint density at radius 2 is 2.22 bits per heavy atom. The Hall–Kier alpha value is -1.26.